The summed E-state index contributed by atoms with van der Waals surface area (Å²) in [5.74, 6) is -0.181. The van der Waals surface area contributed by atoms with Crippen LogP contribution in [0, 0.1) is 5.92 Å². The minimum absolute atomic E-state index is 0.319. The smallest absolute Gasteiger partial charge is 0.335 e. The van der Waals surface area contributed by atoms with Gasteiger partial charge in [0.05, 0.1) is 11.3 Å². The van der Waals surface area contributed by atoms with E-state index in [1.54, 1.807) is 12.1 Å². The average Bonchev–Trinajstić information content (AvgIpc) is 3.01. The fourth-order valence-electron chi connectivity index (χ4n) is 3.78. The highest BCUT2D eigenvalue weighted by atomic mass is 16.4. The molecule has 1 aromatic heterocycles. The number of benzene rings is 2. The summed E-state index contributed by atoms with van der Waals surface area (Å²) in [6, 6.07) is 19.9. The molecular formula is C22H21NO2. The molecule has 2 aromatic carbocycles. The number of carboxylic acids is 1. The van der Waals surface area contributed by atoms with Crippen LogP contribution in [0.25, 0.3) is 16.9 Å². The van der Waals surface area contributed by atoms with Gasteiger partial charge in [0.25, 0.3) is 0 Å². The summed E-state index contributed by atoms with van der Waals surface area (Å²) < 4.78 is 2.31. The molecule has 1 unspecified atom stereocenters. The molecule has 0 saturated carbocycles. The van der Waals surface area contributed by atoms with E-state index < -0.39 is 5.97 Å². The highest BCUT2D eigenvalue weighted by Crippen LogP contribution is 2.35. The summed E-state index contributed by atoms with van der Waals surface area (Å²) in [4.78, 5) is 11.1. The lowest BCUT2D eigenvalue weighted by Gasteiger charge is -2.21. The third-order valence-corrected chi connectivity index (χ3v) is 5.08. The number of hydrogen-bond acceptors (Lipinski definition) is 1. The quantitative estimate of drug-likeness (QED) is 0.736. The Hall–Kier alpha value is -2.81. The van der Waals surface area contributed by atoms with Crippen LogP contribution < -0.4 is 0 Å². The number of aromatic carboxylic acids is 1. The third kappa shape index (κ3) is 2.86. The first-order valence-corrected chi connectivity index (χ1v) is 8.76. The zero-order valence-corrected chi connectivity index (χ0v) is 14.3. The van der Waals surface area contributed by atoms with Gasteiger partial charge in [0.2, 0.25) is 0 Å². The molecule has 0 aliphatic heterocycles. The molecule has 0 saturated heterocycles. The summed E-state index contributed by atoms with van der Waals surface area (Å²) in [6.45, 7) is 2.31. The molecule has 0 radical (unpaired) electrons. The highest BCUT2D eigenvalue weighted by molar-refractivity contribution is 5.87. The Morgan fingerprint density at radius 1 is 1.08 bits per heavy atom. The van der Waals surface area contributed by atoms with Crippen molar-refractivity contribution in [3.05, 3.63) is 77.5 Å². The molecule has 126 valence electrons. The van der Waals surface area contributed by atoms with Crippen LogP contribution in [0.15, 0.2) is 60.7 Å². The second-order valence-corrected chi connectivity index (χ2v) is 6.90. The molecule has 0 fully saturated rings. The molecule has 1 atom stereocenters. The SMILES string of the molecule is CC1CCc2c(cc(-c3ccccc3)n2-c2ccc(C(=O)O)cc2)C1. The van der Waals surface area contributed by atoms with Crippen LogP contribution in [0.4, 0.5) is 0 Å². The lowest BCUT2D eigenvalue weighted by Crippen LogP contribution is -2.13. The summed E-state index contributed by atoms with van der Waals surface area (Å²) >= 11 is 0. The first-order chi connectivity index (χ1) is 12.1. The monoisotopic (exact) mass is 331 g/mol. The molecule has 1 heterocycles. The molecule has 3 aromatic rings. The van der Waals surface area contributed by atoms with Crippen LogP contribution in [0.1, 0.15) is 35.0 Å². The van der Waals surface area contributed by atoms with Gasteiger partial charge in [-0.1, -0.05) is 37.3 Å². The van der Waals surface area contributed by atoms with Gasteiger partial charge in [0, 0.05) is 11.4 Å². The Balaban J connectivity index is 1.89. The average molecular weight is 331 g/mol. The van der Waals surface area contributed by atoms with Gasteiger partial charge >= 0.3 is 5.97 Å². The topological polar surface area (TPSA) is 42.2 Å². The molecule has 1 aliphatic rings. The predicted molar refractivity (Wildman–Crippen MR) is 99.4 cm³/mol. The molecule has 1 aliphatic carbocycles. The minimum atomic E-state index is -0.891. The number of carboxylic acid groups (broad SMARTS) is 1. The number of hydrogen-bond donors (Lipinski definition) is 1. The van der Waals surface area contributed by atoms with Crippen molar-refractivity contribution in [1.82, 2.24) is 4.57 Å². The molecule has 3 heteroatoms. The third-order valence-electron chi connectivity index (χ3n) is 5.08. The highest BCUT2D eigenvalue weighted by Gasteiger charge is 2.23. The molecule has 4 rings (SSSR count). The predicted octanol–water partition coefficient (Wildman–Crippen LogP) is 4.97. The van der Waals surface area contributed by atoms with Crippen LogP contribution in [0.3, 0.4) is 0 Å². The molecule has 3 nitrogen and oxygen atoms in total. The van der Waals surface area contributed by atoms with Crippen LogP contribution in [0.5, 0.6) is 0 Å². The van der Waals surface area contributed by atoms with Gasteiger partial charge in [-0.15, -0.1) is 0 Å². The standard InChI is InChI=1S/C22H21NO2/c1-15-7-12-20-18(13-15)14-21(16-5-3-2-4-6-16)23(20)19-10-8-17(9-11-19)22(24)25/h2-6,8-11,14-15H,7,12-13H2,1H3,(H,24,25). The van der Waals surface area contributed by atoms with Crippen LogP contribution in [-0.4, -0.2) is 15.6 Å². The second-order valence-electron chi connectivity index (χ2n) is 6.90. The van der Waals surface area contributed by atoms with Crippen molar-refractivity contribution in [2.45, 2.75) is 26.2 Å². The lowest BCUT2D eigenvalue weighted by molar-refractivity contribution is 0.0697. The van der Waals surface area contributed by atoms with Crippen molar-refractivity contribution in [3.8, 4) is 16.9 Å². The van der Waals surface area contributed by atoms with E-state index >= 15 is 0 Å². The number of fused-ring (bicyclic) bond motifs is 1. The van der Waals surface area contributed by atoms with E-state index in [2.05, 4.69) is 41.8 Å². The van der Waals surface area contributed by atoms with E-state index in [-0.39, 0.29) is 0 Å². The van der Waals surface area contributed by atoms with Gasteiger partial charge in [-0.3, -0.25) is 0 Å². The molecule has 0 bridgehead atoms. The number of aromatic nitrogens is 1. The van der Waals surface area contributed by atoms with Gasteiger partial charge in [-0.2, -0.15) is 0 Å². The Bertz CT molecular complexity index is 907. The van der Waals surface area contributed by atoms with Crippen molar-refractivity contribution in [1.29, 1.82) is 0 Å². The first kappa shape index (κ1) is 15.7. The van der Waals surface area contributed by atoms with Gasteiger partial charge in [-0.05, 0) is 66.6 Å². The van der Waals surface area contributed by atoms with E-state index in [1.807, 2.05) is 18.2 Å². The maximum atomic E-state index is 11.1. The van der Waals surface area contributed by atoms with Crippen LogP contribution in [0.2, 0.25) is 0 Å². The normalized spacial score (nSPS) is 16.4. The fourth-order valence-corrected chi connectivity index (χ4v) is 3.78. The Morgan fingerprint density at radius 3 is 2.48 bits per heavy atom. The fraction of sp³-hybridized carbons (Fsp3) is 0.227. The Kier molecular flexibility index (Phi) is 3.92. The largest absolute Gasteiger partial charge is 0.478 e. The van der Waals surface area contributed by atoms with E-state index in [9.17, 15) is 4.79 Å². The van der Waals surface area contributed by atoms with Crippen LogP contribution >= 0.6 is 0 Å². The maximum absolute atomic E-state index is 11.1. The zero-order chi connectivity index (χ0) is 17.4. The van der Waals surface area contributed by atoms with Crippen molar-refractivity contribution >= 4 is 5.97 Å². The van der Waals surface area contributed by atoms with Gasteiger partial charge in [0.15, 0.2) is 0 Å². The molecular weight excluding hydrogens is 310 g/mol. The maximum Gasteiger partial charge on any atom is 0.335 e. The first-order valence-electron chi connectivity index (χ1n) is 8.76. The van der Waals surface area contributed by atoms with E-state index in [0.29, 0.717) is 11.5 Å². The van der Waals surface area contributed by atoms with Crippen LogP contribution in [-0.2, 0) is 12.8 Å². The summed E-state index contributed by atoms with van der Waals surface area (Å²) in [5.41, 5.74) is 6.49. The molecule has 1 N–H and O–H groups in total. The molecule has 0 amide bonds. The summed E-state index contributed by atoms with van der Waals surface area (Å²) in [5, 5.41) is 9.15. The molecule has 25 heavy (non-hydrogen) atoms. The summed E-state index contributed by atoms with van der Waals surface area (Å²) in [6.07, 6.45) is 3.36. The number of rotatable bonds is 3. The van der Waals surface area contributed by atoms with E-state index in [0.717, 1.165) is 18.5 Å². The van der Waals surface area contributed by atoms with E-state index in [4.69, 9.17) is 5.11 Å². The van der Waals surface area contributed by atoms with Crippen molar-refractivity contribution in [3.63, 3.8) is 0 Å². The lowest BCUT2D eigenvalue weighted by atomic mass is 9.89. The van der Waals surface area contributed by atoms with Crippen molar-refractivity contribution < 1.29 is 9.90 Å². The van der Waals surface area contributed by atoms with Crippen molar-refractivity contribution in [2.24, 2.45) is 5.92 Å². The minimum Gasteiger partial charge on any atom is -0.478 e. The Labute approximate surface area is 147 Å². The van der Waals surface area contributed by atoms with Crippen molar-refractivity contribution in [2.75, 3.05) is 0 Å². The Morgan fingerprint density at radius 2 is 1.80 bits per heavy atom. The second kappa shape index (κ2) is 6.25. The van der Waals surface area contributed by atoms with Gasteiger partial charge in [-0.25, -0.2) is 4.79 Å². The van der Waals surface area contributed by atoms with Gasteiger partial charge < -0.3 is 9.67 Å². The number of carbonyl (C=O) groups is 1. The zero-order valence-electron chi connectivity index (χ0n) is 14.3. The molecule has 0 spiro atoms. The summed E-state index contributed by atoms with van der Waals surface area (Å²) in [7, 11) is 0. The van der Waals surface area contributed by atoms with Gasteiger partial charge in [0.1, 0.15) is 0 Å². The van der Waals surface area contributed by atoms with E-state index in [1.165, 1.54) is 28.9 Å². The number of nitrogens with zero attached hydrogens (tertiary/aromatic N) is 1.